The third kappa shape index (κ3) is 2.63. The van der Waals surface area contributed by atoms with Gasteiger partial charge in [-0.25, -0.2) is 4.98 Å². The fourth-order valence-electron chi connectivity index (χ4n) is 2.10. The lowest BCUT2D eigenvalue weighted by Crippen LogP contribution is -2.01. The van der Waals surface area contributed by atoms with Crippen molar-refractivity contribution in [2.75, 3.05) is 0 Å². The minimum atomic E-state index is -0.553. The summed E-state index contributed by atoms with van der Waals surface area (Å²) in [5.41, 5.74) is 1.96. The molecule has 0 saturated heterocycles. The molecule has 19 heavy (non-hydrogen) atoms. The maximum Gasteiger partial charge on any atom is 0.129 e. The Morgan fingerprint density at radius 3 is 2.84 bits per heavy atom. The largest absolute Gasteiger partial charge is 0.388 e. The predicted octanol–water partition coefficient (Wildman–Crippen LogP) is 4.23. The van der Waals surface area contributed by atoms with Gasteiger partial charge in [0.1, 0.15) is 5.15 Å². The highest BCUT2D eigenvalue weighted by Gasteiger charge is 2.12. The van der Waals surface area contributed by atoms with Crippen molar-refractivity contribution in [3.05, 3.63) is 64.3 Å². The number of aromatic nitrogens is 1. The summed E-state index contributed by atoms with van der Waals surface area (Å²) in [4.78, 5) is 4.00. The molecular formula is C15H12ClNOS. The van der Waals surface area contributed by atoms with Crippen molar-refractivity contribution in [3.8, 4) is 0 Å². The summed E-state index contributed by atoms with van der Waals surface area (Å²) in [6.07, 6.45) is 1.66. The smallest absolute Gasteiger partial charge is 0.129 e. The number of hydrogen-bond acceptors (Lipinski definition) is 3. The van der Waals surface area contributed by atoms with Crippen LogP contribution in [0.4, 0.5) is 0 Å². The normalized spacial score (nSPS) is 12.7. The second kappa shape index (κ2) is 5.29. The van der Waals surface area contributed by atoms with Crippen molar-refractivity contribution in [3.63, 3.8) is 0 Å². The molecule has 0 aliphatic rings. The molecule has 1 atom stereocenters. The van der Waals surface area contributed by atoms with Crippen molar-refractivity contribution in [1.82, 2.24) is 4.98 Å². The van der Waals surface area contributed by atoms with Gasteiger partial charge in [-0.2, -0.15) is 0 Å². The highest BCUT2D eigenvalue weighted by atomic mass is 35.5. The number of nitrogens with zero attached hydrogens (tertiary/aromatic N) is 1. The van der Waals surface area contributed by atoms with Crippen LogP contribution in [-0.2, 0) is 6.42 Å². The molecule has 1 unspecified atom stereocenters. The number of pyridine rings is 1. The minimum Gasteiger partial charge on any atom is -0.388 e. The van der Waals surface area contributed by atoms with Crippen LogP contribution in [-0.4, -0.2) is 10.1 Å². The molecule has 0 bridgehead atoms. The van der Waals surface area contributed by atoms with Gasteiger partial charge in [0.25, 0.3) is 0 Å². The Bertz CT molecular complexity index is 693. The van der Waals surface area contributed by atoms with E-state index in [0.717, 1.165) is 5.56 Å². The van der Waals surface area contributed by atoms with E-state index in [1.165, 1.54) is 15.6 Å². The predicted molar refractivity (Wildman–Crippen MR) is 79.7 cm³/mol. The number of benzene rings is 1. The molecule has 96 valence electrons. The Balaban J connectivity index is 1.86. The van der Waals surface area contributed by atoms with Gasteiger partial charge in [0.2, 0.25) is 0 Å². The van der Waals surface area contributed by atoms with Crippen LogP contribution in [0, 0.1) is 0 Å². The van der Waals surface area contributed by atoms with Crippen LogP contribution in [0.3, 0.4) is 0 Å². The molecule has 4 heteroatoms. The fourth-order valence-corrected chi connectivity index (χ4v) is 3.19. The van der Waals surface area contributed by atoms with Crippen molar-refractivity contribution in [2.24, 2.45) is 0 Å². The zero-order chi connectivity index (χ0) is 13.2. The van der Waals surface area contributed by atoms with Gasteiger partial charge in [0.05, 0.1) is 6.10 Å². The second-order valence-electron chi connectivity index (χ2n) is 4.39. The number of halogens is 1. The topological polar surface area (TPSA) is 33.1 Å². The van der Waals surface area contributed by atoms with E-state index in [9.17, 15) is 5.11 Å². The van der Waals surface area contributed by atoms with Crippen LogP contribution in [0.25, 0.3) is 10.1 Å². The minimum absolute atomic E-state index is 0.442. The third-order valence-corrected chi connectivity index (χ3v) is 4.35. The van der Waals surface area contributed by atoms with Crippen molar-refractivity contribution in [1.29, 1.82) is 0 Å². The second-order valence-corrected chi connectivity index (χ2v) is 5.69. The molecule has 0 aliphatic heterocycles. The van der Waals surface area contributed by atoms with Crippen LogP contribution in [0.15, 0.2) is 48.0 Å². The molecule has 3 rings (SSSR count). The van der Waals surface area contributed by atoms with E-state index in [1.807, 2.05) is 18.2 Å². The molecular weight excluding hydrogens is 278 g/mol. The van der Waals surface area contributed by atoms with Crippen LogP contribution in [0.1, 0.15) is 17.2 Å². The first-order chi connectivity index (χ1) is 9.24. The Morgan fingerprint density at radius 1 is 1.21 bits per heavy atom. The molecule has 2 heterocycles. The maximum absolute atomic E-state index is 10.3. The fraction of sp³-hybridized carbons (Fsp3) is 0.133. The average molecular weight is 290 g/mol. The lowest BCUT2D eigenvalue weighted by Gasteiger charge is -2.10. The molecule has 1 aromatic carbocycles. The molecule has 3 aromatic rings. The first kappa shape index (κ1) is 12.6. The van der Waals surface area contributed by atoms with Crippen molar-refractivity contribution >= 4 is 33.0 Å². The summed E-state index contributed by atoms with van der Waals surface area (Å²) in [7, 11) is 0. The quantitative estimate of drug-likeness (QED) is 0.732. The third-order valence-electron chi connectivity index (χ3n) is 3.11. The lowest BCUT2D eigenvalue weighted by molar-refractivity contribution is 0.178. The molecule has 2 nitrogen and oxygen atoms in total. The average Bonchev–Trinajstić information content (AvgIpc) is 2.83. The molecule has 1 N–H and O–H groups in total. The van der Waals surface area contributed by atoms with Gasteiger partial charge >= 0.3 is 0 Å². The summed E-state index contributed by atoms with van der Waals surface area (Å²) in [5.74, 6) is 0. The molecule has 0 amide bonds. The van der Waals surface area contributed by atoms with E-state index in [-0.39, 0.29) is 0 Å². The summed E-state index contributed by atoms with van der Waals surface area (Å²) in [6.45, 7) is 0. The van der Waals surface area contributed by atoms with E-state index in [2.05, 4.69) is 22.5 Å². The summed E-state index contributed by atoms with van der Waals surface area (Å²) in [5, 5.41) is 14.0. The molecule has 0 radical (unpaired) electrons. The number of hydrogen-bond donors (Lipinski definition) is 1. The zero-order valence-electron chi connectivity index (χ0n) is 10.1. The van der Waals surface area contributed by atoms with Gasteiger partial charge in [-0.15, -0.1) is 11.3 Å². The maximum atomic E-state index is 10.3. The van der Waals surface area contributed by atoms with E-state index < -0.39 is 6.10 Å². The molecule has 0 saturated carbocycles. The first-order valence-electron chi connectivity index (χ1n) is 5.98. The molecule has 0 fully saturated rings. The number of aliphatic hydroxyl groups excluding tert-OH is 1. The number of fused-ring (bicyclic) bond motifs is 1. The van der Waals surface area contributed by atoms with Crippen LogP contribution in [0.5, 0.6) is 0 Å². The van der Waals surface area contributed by atoms with E-state index in [4.69, 9.17) is 11.6 Å². The highest BCUT2D eigenvalue weighted by Crippen LogP contribution is 2.29. The van der Waals surface area contributed by atoms with Gasteiger partial charge in [0, 0.05) is 17.3 Å². The van der Waals surface area contributed by atoms with Crippen LogP contribution >= 0.6 is 22.9 Å². The Kier molecular flexibility index (Phi) is 3.51. The molecule has 0 aliphatic carbocycles. The van der Waals surface area contributed by atoms with Crippen LogP contribution in [0.2, 0.25) is 5.15 Å². The van der Waals surface area contributed by atoms with Gasteiger partial charge in [-0.3, -0.25) is 0 Å². The van der Waals surface area contributed by atoms with E-state index >= 15 is 0 Å². The first-order valence-corrected chi connectivity index (χ1v) is 7.24. The number of aliphatic hydroxyl groups is 1. The van der Waals surface area contributed by atoms with Gasteiger partial charge in [-0.05, 0) is 34.0 Å². The lowest BCUT2D eigenvalue weighted by atomic mass is 10.0. The summed E-state index contributed by atoms with van der Waals surface area (Å²) >= 11 is 7.45. The Hall–Kier alpha value is -1.42. The SMILES string of the molecule is OC(Cc1csc2ccccc12)c1ccc(Cl)nc1. The molecule has 0 spiro atoms. The Labute approximate surface area is 120 Å². The van der Waals surface area contributed by atoms with Crippen LogP contribution < -0.4 is 0 Å². The van der Waals surface area contributed by atoms with Crippen molar-refractivity contribution < 1.29 is 5.11 Å². The summed E-state index contributed by atoms with van der Waals surface area (Å²) < 4.78 is 1.25. The number of thiophene rings is 1. The van der Waals surface area contributed by atoms with Gasteiger partial charge < -0.3 is 5.11 Å². The standard InChI is InChI=1S/C15H12ClNOS/c16-15-6-5-10(8-17-15)13(18)7-11-9-19-14-4-2-1-3-12(11)14/h1-6,8-9,13,18H,7H2. The Morgan fingerprint density at radius 2 is 2.05 bits per heavy atom. The van der Waals surface area contributed by atoms with E-state index in [1.54, 1.807) is 23.6 Å². The van der Waals surface area contributed by atoms with Gasteiger partial charge in [0.15, 0.2) is 0 Å². The highest BCUT2D eigenvalue weighted by molar-refractivity contribution is 7.17. The van der Waals surface area contributed by atoms with Gasteiger partial charge in [-0.1, -0.05) is 35.9 Å². The van der Waals surface area contributed by atoms with Crippen molar-refractivity contribution in [2.45, 2.75) is 12.5 Å². The monoisotopic (exact) mass is 289 g/mol. The number of rotatable bonds is 3. The molecule has 2 aromatic heterocycles. The van der Waals surface area contributed by atoms with E-state index in [0.29, 0.717) is 11.6 Å². The summed E-state index contributed by atoms with van der Waals surface area (Å²) in [6, 6.07) is 11.8. The zero-order valence-corrected chi connectivity index (χ0v) is 11.7.